The van der Waals surface area contributed by atoms with Gasteiger partial charge < -0.3 is 5.73 Å². The molecule has 0 bridgehead atoms. The lowest BCUT2D eigenvalue weighted by atomic mass is 10.1. The van der Waals surface area contributed by atoms with E-state index in [1.54, 1.807) is 26.1 Å². The Morgan fingerprint density at radius 3 is 2.62 bits per heavy atom. The average Bonchev–Trinajstić information content (AvgIpc) is 2.45. The molecule has 1 aromatic carbocycles. The maximum absolute atomic E-state index is 12.7. The third kappa shape index (κ3) is 4.31. The van der Waals surface area contributed by atoms with Crippen LogP contribution in [0.1, 0.15) is 37.8 Å². The first-order valence-corrected chi connectivity index (χ1v) is 8.56. The molecule has 0 spiro atoms. The van der Waals surface area contributed by atoms with Crippen molar-refractivity contribution in [3.8, 4) is 11.8 Å². The second kappa shape index (κ2) is 7.60. The Hall–Kier alpha value is -1.35. The molecule has 0 aliphatic carbocycles. The highest BCUT2D eigenvalue weighted by atomic mass is 32.2. The van der Waals surface area contributed by atoms with E-state index in [1.165, 1.54) is 4.31 Å². The lowest BCUT2D eigenvalue weighted by Crippen LogP contribution is -2.35. The van der Waals surface area contributed by atoms with E-state index in [2.05, 4.69) is 11.8 Å². The fraction of sp³-hybridized carbons (Fsp3) is 0.500. The van der Waals surface area contributed by atoms with Gasteiger partial charge in [0.1, 0.15) is 0 Å². The van der Waals surface area contributed by atoms with Crippen LogP contribution in [0.15, 0.2) is 23.1 Å². The van der Waals surface area contributed by atoms with Gasteiger partial charge in [0.25, 0.3) is 0 Å². The Kier molecular flexibility index (Phi) is 6.41. The van der Waals surface area contributed by atoms with Gasteiger partial charge in [-0.05, 0) is 38.0 Å². The fourth-order valence-electron chi connectivity index (χ4n) is 2.10. The van der Waals surface area contributed by atoms with Gasteiger partial charge in [-0.25, -0.2) is 8.42 Å². The van der Waals surface area contributed by atoms with E-state index in [-0.39, 0.29) is 12.6 Å². The van der Waals surface area contributed by atoms with Crippen molar-refractivity contribution in [2.45, 2.75) is 44.6 Å². The van der Waals surface area contributed by atoms with Gasteiger partial charge in [-0.1, -0.05) is 31.3 Å². The molecule has 2 N–H and O–H groups in total. The molecule has 0 aromatic heterocycles. The summed E-state index contributed by atoms with van der Waals surface area (Å²) in [5, 5.41) is 0. The lowest BCUT2D eigenvalue weighted by molar-refractivity contribution is 0.368. The summed E-state index contributed by atoms with van der Waals surface area (Å²) < 4.78 is 26.9. The number of nitrogens with zero attached hydrogens (tertiary/aromatic N) is 1. The molecular weight excluding hydrogens is 284 g/mol. The topological polar surface area (TPSA) is 63.4 Å². The van der Waals surface area contributed by atoms with Crippen molar-refractivity contribution in [2.24, 2.45) is 5.73 Å². The third-order valence-corrected chi connectivity index (χ3v) is 5.62. The summed E-state index contributed by atoms with van der Waals surface area (Å²) in [4.78, 5) is 0.316. The van der Waals surface area contributed by atoms with Crippen molar-refractivity contribution in [3.05, 3.63) is 29.3 Å². The molecule has 116 valence electrons. The summed E-state index contributed by atoms with van der Waals surface area (Å²) in [5.41, 5.74) is 6.74. The van der Waals surface area contributed by atoms with Crippen LogP contribution in [0.2, 0.25) is 0 Å². The molecule has 1 unspecified atom stereocenters. The van der Waals surface area contributed by atoms with Crippen molar-refractivity contribution in [1.29, 1.82) is 0 Å². The van der Waals surface area contributed by atoms with Crippen LogP contribution in [0.25, 0.3) is 0 Å². The van der Waals surface area contributed by atoms with Crippen molar-refractivity contribution in [1.82, 2.24) is 4.31 Å². The summed E-state index contributed by atoms with van der Waals surface area (Å²) in [6.45, 7) is 6.02. The zero-order valence-electron chi connectivity index (χ0n) is 13.2. The molecule has 5 heteroatoms. The Morgan fingerprint density at radius 2 is 2.05 bits per heavy atom. The average molecular weight is 308 g/mol. The first-order chi connectivity index (χ1) is 9.84. The minimum Gasteiger partial charge on any atom is -0.320 e. The van der Waals surface area contributed by atoms with Crippen LogP contribution in [0.4, 0.5) is 0 Å². The van der Waals surface area contributed by atoms with Gasteiger partial charge >= 0.3 is 0 Å². The van der Waals surface area contributed by atoms with Crippen LogP contribution in [-0.4, -0.2) is 32.4 Å². The second-order valence-electron chi connectivity index (χ2n) is 5.15. The van der Waals surface area contributed by atoms with Crippen LogP contribution in [0.5, 0.6) is 0 Å². The van der Waals surface area contributed by atoms with Crippen LogP contribution >= 0.6 is 0 Å². The molecule has 0 heterocycles. The highest BCUT2D eigenvalue weighted by Gasteiger charge is 2.26. The molecule has 0 aliphatic heterocycles. The zero-order chi connectivity index (χ0) is 16.0. The van der Waals surface area contributed by atoms with Gasteiger partial charge in [0.15, 0.2) is 0 Å². The highest BCUT2D eigenvalue weighted by Crippen LogP contribution is 2.22. The molecule has 4 nitrogen and oxygen atoms in total. The molecule has 0 aliphatic rings. The smallest absolute Gasteiger partial charge is 0.243 e. The number of nitrogens with two attached hydrogens (primary N) is 1. The summed E-state index contributed by atoms with van der Waals surface area (Å²) in [5.74, 6) is 5.62. The van der Waals surface area contributed by atoms with E-state index >= 15 is 0 Å². The van der Waals surface area contributed by atoms with E-state index in [1.807, 2.05) is 19.9 Å². The summed E-state index contributed by atoms with van der Waals surface area (Å²) in [6.07, 6.45) is 1.78. The minimum absolute atomic E-state index is 0.0295. The van der Waals surface area contributed by atoms with Gasteiger partial charge in [0, 0.05) is 18.7 Å². The van der Waals surface area contributed by atoms with Crippen LogP contribution in [0, 0.1) is 18.8 Å². The third-order valence-electron chi connectivity index (χ3n) is 3.51. The SMILES string of the molecule is CCCC(C)N(C)S(=O)(=O)c1cc(C#CCN)ccc1C. The van der Waals surface area contributed by atoms with Crippen LogP contribution < -0.4 is 5.73 Å². The van der Waals surface area contributed by atoms with E-state index < -0.39 is 10.0 Å². The molecule has 0 amide bonds. The molecule has 0 radical (unpaired) electrons. The van der Waals surface area contributed by atoms with Crippen molar-refractivity contribution in [2.75, 3.05) is 13.6 Å². The summed E-state index contributed by atoms with van der Waals surface area (Å²) in [7, 11) is -1.87. The number of hydrogen-bond donors (Lipinski definition) is 1. The molecule has 0 saturated carbocycles. The van der Waals surface area contributed by atoms with Crippen LogP contribution in [-0.2, 0) is 10.0 Å². The fourth-order valence-corrected chi connectivity index (χ4v) is 3.74. The maximum Gasteiger partial charge on any atom is 0.243 e. The number of aryl methyl sites for hydroxylation is 1. The molecular formula is C16H24N2O2S. The largest absolute Gasteiger partial charge is 0.320 e. The van der Waals surface area contributed by atoms with Gasteiger partial charge in [-0.2, -0.15) is 4.31 Å². The normalized spacial score (nSPS) is 12.9. The number of benzene rings is 1. The summed E-state index contributed by atoms with van der Waals surface area (Å²) in [6, 6.07) is 5.19. The summed E-state index contributed by atoms with van der Waals surface area (Å²) >= 11 is 0. The number of hydrogen-bond acceptors (Lipinski definition) is 3. The predicted molar refractivity (Wildman–Crippen MR) is 86.4 cm³/mol. The minimum atomic E-state index is -3.50. The quantitative estimate of drug-likeness (QED) is 0.847. The van der Waals surface area contributed by atoms with Crippen molar-refractivity contribution in [3.63, 3.8) is 0 Å². The van der Waals surface area contributed by atoms with Gasteiger partial charge in [-0.15, -0.1) is 0 Å². The van der Waals surface area contributed by atoms with Gasteiger partial charge in [0.05, 0.1) is 11.4 Å². The zero-order valence-corrected chi connectivity index (χ0v) is 14.0. The Bertz CT molecular complexity index is 642. The lowest BCUT2D eigenvalue weighted by Gasteiger charge is -2.24. The molecule has 1 atom stereocenters. The maximum atomic E-state index is 12.7. The monoisotopic (exact) mass is 308 g/mol. The van der Waals surface area contributed by atoms with E-state index in [0.717, 1.165) is 18.4 Å². The number of rotatable bonds is 5. The standard InChI is InChI=1S/C16H24N2O2S/c1-5-7-14(3)18(4)21(19,20)16-12-15(8-6-11-17)10-9-13(16)2/h9-10,12,14H,5,7,11,17H2,1-4H3. The number of sulfonamides is 1. The highest BCUT2D eigenvalue weighted by molar-refractivity contribution is 7.89. The van der Waals surface area contributed by atoms with Crippen molar-refractivity contribution >= 4 is 10.0 Å². The van der Waals surface area contributed by atoms with Gasteiger partial charge in [0.2, 0.25) is 10.0 Å². The molecule has 1 rings (SSSR count). The van der Waals surface area contributed by atoms with E-state index in [4.69, 9.17) is 5.73 Å². The van der Waals surface area contributed by atoms with Crippen LogP contribution in [0.3, 0.4) is 0 Å². The Labute approximate surface area is 128 Å². The van der Waals surface area contributed by atoms with E-state index in [9.17, 15) is 8.42 Å². The second-order valence-corrected chi connectivity index (χ2v) is 7.11. The molecule has 21 heavy (non-hydrogen) atoms. The first-order valence-electron chi connectivity index (χ1n) is 7.12. The Morgan fingerprint density at radius 1 is 1.38 bits per heavy atom. The predicted octanol–water partition coefficient (Wildman–Crippen LogP) is 2.11. The van der Waals surface area contributed by atoms with Crippen molar-refractivity contribution < 1.29 is 8.42 Å². The molecule has 0 saturated heterocycles. The molecule has 0 fully saturated rings. The van der Waals surface area contributed by atoms with Gasteiger partial charge in [-0.3, -0.25) is 0 Å². The first kappa shape index (κ1) is 17.7. The molecule has 1 aromatic rings. The van der Waals surface area contributed by atoms with E-state index in [0.29, 0.717) is 10.5 Å². The Balaban J connectivity index is 3.24.